The zero-order chi connectivity index (χ0) is 37.2. The Labute approximate surface area is 303 Å². The molecule has 2 bridgehead atoms. The predicted octanol–water partition coefficient (Wildman–Crippen LogP) is 11.3. The first-order chi connectivity index (χ1) is 25.4. The largest absolute Gasteiger partial charge is 0.305 e. The maximum absolute atomic E-state index is 9.16. The van der Waals surface area contributed by atoms with Crippen LogP contribution in [0.25, 0.3) is 44.8 Å². The predicted molar refractivity (Wildman–Crippen MR) is 190 cm³/mol. The minimum atomic E-state index is -2.27. The monoisotopic (exact) mass is 796 g/mol. The number of benzene rings is 4. The average molecular weight is 796 g/mol. The summed E-state index contributed by atoms with van der Waals surface area (Å²) in [5, 5.41) is 0. The first kappa shape index (κ1) is 24.9. The van der Waals surface area contributed by atoms with Crippen molar-refractivity contribution < 1.29 is 29.7 Å². The van der Waals surface area contributed by atoms with Crippen LogP contribution >= 0.6 is 0 Å². The van der Waals surface area contributed by atoms with Gasteiger partial charge in [-0.05, 0) is 89.1 Å². The van der Waals surface area contributed by atoms with E-state index in [4.69, 9.17) is 9.60 Å². The summed E-state index contributed by atoms with van der Waals surface area (Å²) in [4.78, 5) is 8.71. The Morgan fingerprint density at radius 3 is 2.21 bits per heavy atom. The van der Waals surface area contributed by atoms with E-state index in [0.717, 1.165) is 34.7 Å². The molecule has 2 nitrogen and oxygen atoms in total. The second kappa shape index (κ2) is 15.2. The van der Waals surface area contributed by atoms with Gasteiger partial charge in [0.25, 0.3) is 0 Å². The van der Waals surface area contributed by atoms with Crippen LogP contribution in [0.1, 0.15) is 64.3 Å². The summed E-state index contributed by atoms with van der Waals surface area (Å²) in [7, 11) is 0. The number of aryl methyl sites for hydroxylation is 2. The van der Waals surface area contributed by atoms with Crippen molar-refractivity contribution in [2.75, 3.05) is 0 Å². The van der Waals surface area contributed by atoms with Crippen LogP contribution in [0.15, 0.2) is 128 Å². The molecule has 0 saturated heterocycles. The fourth-order valence-electron chi connectivity index (χ4n) is 6.78. The van der Waals surface area contributed by atoms with Crippen LogP contribution in [0.2, 0.25) is 0 Å². The zero-order valence-electron chi connectivity index (χ0n) is 33.0. The molecule has 3 heteroatoms. The minimum absolute atomic E-state index is 0. The van der Waals surface area contributed by atoms with Gasteiger partial charge in [0.05, 0.1) is 0 Å². The molecule has 1 radical (unpaired) electrons. The molecule has 1 unspecified atom stereocenters. The van der Waals surface area contributed by atoms with Crippen LogP contribution < -0.4 is 0 Å². The molecular formula is C44H40IrN2-2. The van der Waals surface area contributed by atoms with Gasteiger partial charge in [0.15, 0.2) is 0 Å². The van der Waals surface area contributed by atoms with Gasteiger partial charge < -0.3 is 9.97 Å². The molecule has 1 atom stereocenters. The first-order valence-electron chi connectivity index (χ1n) is 19.5. The van der Waals surface area contributed by atoms with Gasteiger partial charge in [-0.1, -0.05) is 98.1 Å². The van der Waals surface area contributed by atoms with E-state index >= 15 is 0 Å². The third-order valence-corrected chi connectivity index (χ3v) is 9.26. The molecule has 2 aromatic heterocycles. The summed E-state index contributed by atoms with van der Waals surface area (Å²) < 4.78 is 54.7. The van der Waals surface area contributed by atoms with Gasteiger partial charge in [0.2, 0.25) is 0 Å². The van der Waals surface area contributed by atoms with Crippen molar-refractivity contribution in [3.05, 3.63) is 156 Å². The molecule has 0 aliphatic heterocycles. The van der Waals surface area contributed by atoms with Crippen LogP contribution in [-0.4, -0.2) is 9.97 Å². The van der Waals surface area contributed by atoms with Crippen LogP contribution in [-0.2, 0) is 20.1 Å². The molecule has 0 spiro atoms. The van der Waals surface area contributed by atoms with Gasteiger partial charge in [-0.15, -0.1) is 65.2 Å². The van der Waals surface area contributed by atoms with Gasteiger partial charge in [-0.25, -0.2) is 0 Å². The maximum atomic E-state index is 9.16. The summed E-state index contributed by atoms with van der Waals surface area (Å²) in [5.41, 5.74) is 8.38. The fourth-order valence-corrected chi connectivity index (χ4v) is 6.78. The van der Waals surface area contributed by atoms with Crippen molar-refractivity contribution in [3.8, 4) is 44.8 Å². The molecule has 6 aromatic rings. The Balaban J connectivity index is 0.000000181. The molecule has 3 saturated carbocycles. The van der Waals surface area contributed by atoms with Crippen LogP contribution in [0.5, 0.6) is 0 Å². The number of aromatic nitrogens is 2. The summed E-state index contributed by atoms with van der Waals surface area (Å²) in [5.74, 6) is 0.925. The molecule has 3 aliphatic rings. The number of hydrogen-bond acceptors (Lipinski definition) is 2. The smallest absolute Gasteiger partial charge is 0.0355 e. The zero-order valence-corrected chi connectivity index (χ0v) is 28.4. The van der Waals surface area contributed by atoms with E-state index in [1.165, 1.54) is 55.1 Å². The number of fused-ring (bicyclic) bond motifs is 3. The van der Waals surface area contributed by atoms with Crippen molar-refractivity contribution in [1.29, 1.82) is 0 Å². The SMILES string of the molecule is [2H]C([2H])([2H])c1ccc(-c2[c-]cc(C([2H])([2H])[2H])c(-c3ccccc3)c2)nc1.[2H]C1(c2ccc(-c3ccnc(-c4[c-]cccc4)c3)cc2)CC2CCC1CC2.[Ir]. The van der Waals surface area contributed by atoms with Gasteiger partial charge >= 0.3 is 0 Å². The molecule has 0 N–H and O–H groups in total. The number of hydrogen-bond donors (Lipinski definition) is 0. The molecule has 237 valence electrons. The number of nitrogens with zero attached hydrogens (tertiary/aromatic N) is 2. The van der Waals surface area contributed by atoms with Crippen molar-refractivity contribution in [2.24, 2.45) is 11.8 Å². The Morgan fingerprint density at radius 1 is 0.702 bits per heavy atom. The first-order valence-corrected chi connectivity index (χ1v) is 16.0. The summed E-state index contributed by atoms with van der Waals surface area (Å²) in [6.45, 7) is -4.48. The summed E-state index contributed by atoms with van der Waals surface area (Å²) in [6, 6.07) is 42.6. The third-order valence-electron chi connectivity index (χ3n) is 9.26. The molecule has 3 aliphatic carbocycles. The van der Waals surface area contributed by atoms with Gasteiger partial charge in [0, 0.05) is 42.1 Å². The normalized spacial score (nSPS) is 22.3. The Bertz CT molecular complexity index is 2150. The van der Waals surface area contributed by atoms with E-state index in [1.54, 1.807) is 12.1 Å². The van der Waals surface area contributed by atoms with E-state index in [2.05, 4.69) is 58.5 Å². The Kier molecular flexibility index (Phi) is 8.04. The average Bonchev–Trinajstić information content (AvgIpc) is 3.18. The van der Waals surface area contributed by atoms with Crippen molar-refractivity contribution in [3.63, 3.8) is 0 Å². The molecule has 3 fully saturated rings. The fraction of sp³-hybridized carbons (Fsp3) is 0.227. The molecule has 0 amide bonds. The number of pyridine rings is 2. The second-order valence-electron chi connectivity index (χ2n) is 12.2. The van der Waals surface area contributed by atoms with E-state index in [-0.39, 0.29) is 37.1 Å². The van der Waals surface area contributed by atoms with Crippen molar-refractivity contribution in [2.45, 2.75) is 51.7 Å². The summed E-state index contributed by atoms with van der Waals surface area (Å²) in [6.07, 6.45) is 9.36. The molecular weight excluding hydrogens is 749 g/mol. The van der Waals surface area contributed by atoms with Crippen molar-refractivity contribution >= 4 is 0 Å². The molecule has 9 rings (SSSR count). The van der Waals surface area contributed by atoms with Crippen molar-refractivity contribution in [1.82, 2.24) is 9.97 Å². The minimum Gasteiger partial charge on any atom is -0.305 e. The second-order valence-corrected chi connectivity index (χ2v) is 12.2. The maximum Gasteiger partial charge on any atom is 0.0355 e. The molecule has 2 heterocycles. The number of rotatable bonds is 5. The summed E-state index contributed by atoms with van der Waals surface area (Å²) >= 11 is 0. The Hall–Kier alpha value is -4.17. The van der Waals surface area contributed by atoms with E-state index in [0.29, 0.717) is 22.7 Å². The van der Waals surface area contributed by atoms with Gasteiger partial charge in [-0.3, -0.25) is 0 Å². The van der Waals surface area contributed by atoms with Crippen LogP contribution in [0.3, 0.4) is 0 Å². The van der Waals surface area contributed by atoms with E-state index < -0.39 is 13.7 Å². The quantitative estimate of drug-likeness (QED) is 0.162. The Morgan fingerprint density at radius 2 is 1.53 bits per heavy atom. The van der Waals surface area contributed by atoms with Gasteiger partial charge in [0.1, 0.15) is 0 Å². The van der Waals surface area contributed by atoms with Crippen LogP contribution in [0.4, 0.5) is 0 Å². The topological polar surface area (TPSA) is 25.8 Å². The third kappa shape index (κ3) is 7.70. The van der Waals surface area contributed by atoms with E-state index in [9.17, 15) is 0 Å². The molecule has 4 aromatic carbocycles. The van der Waals surface area contributed by atoms with E-state index in [1.807, 2.05) is 60.8 Å². The standard InChI is InChI=1S/C25H24N.C19H16N.Ir/c1-2-4-22(5-3-1)25-17-23(14-15-26-25)19-10-12-21(13-11-19)24-16-18-6-8-20(24)9-7-18;1-14-8-11-19(20-13-14)17-10-9-15(2)18(12-17)16-6-4-3-5-7-16;/h1-4,10-15,17-18,20,24H,6-9,16H2;3-9,11-13H,1-2H3;/q2*-1;/i24D;1D3,2D3;. The molecule has 47 heavy (non-hydrogen) atoms. The van der Waals surface area contributed by atoms with Crippen LogP contribution in [0, 0.1) is 37.7 Å². The van der Waals surface area contributed by atoms with Gasteiger partial charge in [-0.2, -0.15) is 0 Å².